The summed E-state index contributed by atoms with van der Waals surface area (Å²) in [5.41, 5.74) is 0.433. The van der Waals surface area contributed by atoms with Crippen molar-refractivity contribution in [3.8, 4) is 11.4 Å². The first kappa shape index (κ1) is 19.8. The molecule has 2 aromatic heterocycles. The Morgan fingerprint density at radius 3 is 2.87 bits per heavy atom. The first-order valence-electron chi connectivity index (χ1n) is 10.0. The van der Waals surface area contributed by atoms with Gasteiger partial charge in [-0.25, -0.2) is 19.5 Å². The van der Waals surface area contributed by atoms with Gasteiger partial charge >= 0.3 is 5.97 Å². The maximum Gasteiger partial charge on any atom is 0.344 e. The van der Waals surface area contributed by atoms with Gasteiger partial charge in [-0.05, 0) is 44.0 Å². The van der Waals surface area contributed by atoms with Crippen LogP contribution in [0, 0.1) is 5.92 Å². The van der Waals surface area contributed by atoms with E-state index in [4.69, 9.17) is 14.5 Å². The fourth-order valence-corrected chi connectivity index (χ4v) is 5.76. The second-order valence-corrected chi connectivity index (χ2v) is 9.30. The Morgan fingerprint density at radius 2 is 2.13 bits per heavy atom. The van der Waals surface area contributed by atoms with Gasteiger partial charge in [0, 0.05) is 5.92 Å². The van der Waals surface area contributed by atoms with Crippen LogP contribution in [0.25, 0.3) is 5.69 Å². The molecule has 5 rings (SSSR count). The number of aliphatic hydroxyl groups is 1. The molecular formula is C20H22N6O4S. The third-order valence-electron chi connectivity index (χ3n) is 5.01. The number of esters is 1. The Hall–Kier alpha value is -3.18. The number of thiol groups is 1. The standard InChI is InChI=1S/C20H22N6O4S/c1-2-29-18(27)11-30-15-7-5-14(6-8-15)25-10-16(23-24-25)20(28)31-19(13-3-4-13)22-17-9-21-12-26(17)31/h5-10,12-13,20,28,31H,2-4,11H2,1H3. The van der Waals surface area contributed by atoms with Gasteiger partial charge in [0.25, 0.3) is 0 Å². The van der Waals surface area contributed by atoms with Crippen LogP contribution >= 0.6 is 11.1 Å². The number of rotatable bonds is 8. The fourth-order valence-electron chi connectivity index (χ4n) is 3.36. The quantitative estimate of drug-likeness (QED) is 0.406. The van der Waals surface area contributed by atoms with E-state index < -0.39 is 22.5 Å². The Labute approximate surface area is 181 Å². The zero-order valence-electron chi connectivity index (χ0n) is 16.8. The van der Waals surface area contributed by atoms with E-state index >= 15 is 0 Å². The van der Waals surface area contributed by atoms with E-state index in [2.05, 4.69) is 15.3 Å². The van der Waals surface area contributed by atoms with E-state index in [1.165, 1.54) is 0 Å². The predicted octanol–water partition coefficient (Wildman–Crippen LogP) is 2.31. The number of hydrogen-bond donors (Lipinski definition) is 2. The molecule has 0 spiro atoms. The molecule has 2 atom stereocenters. The molecule has 0 bridgehead atoms. The molecule has 31 heavy (non-hydrogen) atoms. The van der Waals surface area contributed by atoms with Gasteiger partial charge in [-0.1, -0.05) is 16.3 Å². The summed E-state index contributed by atoms with van der Waals surface area (Å²) >= 11 is -1.10. The molecule has 3 heterocycles. The largest absolute Gasteiger partial charge is 0.482 e. The molecule has 10 nitrogen and oxygen atoms in total. The first-order chi connectivity index (χ1) is 15.1. The van der Waals surface area contributed by atoms with Gasteiger partial charge in [0.15, 0.2) is 12.4 Å². The number of fused-ring (bicyclic) bond motifs is 1. The second kappa shape index (κ2) is 8.16. The van der Waals surface area contributed by atoms with Crippen LogP contribution in [0.5, 0.6) is 5.75 Å². The van der Waals surface area contributed by atoms with Crippen molar-refractivity contribution in [1.82, 2.24) is 24.0 Å². The van der Waals surface area contributed by atoms with Crippen LogP contribution < -0.4 is 4.74 Å². The second-order valence-electron chi connectivity index (χ2n) is 7.23. The van der Waals surface area contributed by atoms with E-state index in [0.717, 1.165) is 29.4 Å². The molecule has 11 heteroatoms. The van der Waals surface area contributed by atoms with Crippen molar-refractivity contribution in [3.05, 3.63) is 48.7 Å². The van der Waals surface area contributed by atoms with Gasteiger partial charge in [-0.3, -0.25) is 3.97 Å². The van der Waals surface area contributed by atoms with Crippen molar-refractivity contribution in [3.63, 3.8) is 0 Å². The minimum Gasteiger partial charge on any atom is -0.482 e. The highest BCUT2D eigenvalue weighted by molar-refractivity contribution is 8.29. The smallest absolute Gasteiger partial charge is 0.344 e. The Morgan fingerprint density at radius 1 is 1.32 bits per heavy atom. The number of aromatic nitrogens is 5. The lowest BCUT2D eigenvalue weighted by Crippen LogP contribution is -2.14. The molecule has 1 fully saturated rings. The molecule has 1 aromatic carbocycles. The molecule has 2 unspecified atom stereocenters. The van der Waals surface area contributed by atoms with Crippen molar-refractivity contribution in [2.45, 2.75) is 25.2 Å². The Kier molecular flexibility index (Phi) is 5.20. The summed E-state index contributed by atoms with van der Waals surface area (Å²) in [6.45, 7) is 1.93. The van der Waals surface area contributed by atoms with Crippen molar-refractivity contribution in [1.29, 1.82) is 0 Å². The van der Waals surface area contributed by atoms with Crippen LogP contribution in [0.1, 0.15) is 30.9 Å². The molecule has 3 aromatic rings. The van der Waals surface area contributed by atoms with Crippen LogP contribution in [0.4, 0.5) is 5.82 Å². The topological polar surface area (TPSA) is 117 Å². The maximum absolute atomic E-state index is 11.4. The minimum absolute atomic E-state index is 0.141. The summed E-state index contributed by atoms with van der Waals surface area (Å²) in [4.78, 5) is 20.3. The maximum atomic E-state index is 11.4. The minimum atomic E-state index is -1.10. The van der Waals surface area contributed by atoms with Crippen molar-refractivity contribution in [2.24, 2.45) is 10.9 Å². The van der Waals surface area contributed by atoms with Gasteiger partial charge in [0.1, 0.15) is 23.2 Å². The summed E-state index contributed by atoms with van der Waals surface area (Å²) in [5, 5.41) is 20.6. The van der Waals surface area contributed by atoms with Crippen molar-refractivity contribution >= 4 is 27.9 Å². The number of nitrogens with zero attached hydrogens (tertiary/aromatic N) is 6. The highest BCUT2D eigenvalue weighted by Gasteiger charge is 2.40. The van der Waals surface area contributed by atoms with E-state index in [0.29, 0.717) is 24.0 Å². The van der Waals surface area contributed by atoms with E-state index in [1.54, 1.807) is 54.6 Å². The van der Waals surface area contributed by atoms with Gasteiger partial charge < -0.3 is 14.6 Å². The van der Waals surface area contributed by atoms with Crippen LogP contribution in [-0.4, -0.2) is 53.3 Å². The lowest BCUT2D eigenvalue weighted by Gasteiger charge is -2.24. The first-order valence-corrected chi connectivity index (χ1v) is 11.4. The van der Waals surface area contributed by atoms with Gasteiger partial charge in [-0.2, -0.15) is 0 Å². The summed E-state index contributed by atoms with van der Waals surface area (Å²) in [6, 6.07) is 7.08. The molecule has 0 saturated heterocycles. The third-order valence-corrected chi connectivity index (χ3v) is 7.44. The molecule has 1 saturated carbocycles. The van der Waals surface area contributed by atoms with Gasteiger partial charge in [0.2, 0.25) is 0 Å². The van der Waals surface area contributed by atoms with Crippen molar-refractivity contribution in [2.75, 3.05) is 13.2 Å². The Balaban J connectivity index is 1.30. The zero-order chi connectivity index (χ0) is 21.4. The third kappa shape index (κ3) is 3.93. The van der Waals surface area contributed by atoms with Crippen LogP contribution in [0.3, 0.4) is 0 Å². The van der Waals surface area contributed by atoms with Crippen LogP contribution in [0.15, 0.2) is 48.0 Å². The number of aliphatic imine (C=N–C) groups is 1. The number of imidazole rings is 1. The van der Waals surface area contributed by atoms with E-state index in [9.17, 15) is 9.90 Å². The van der Waals surface area contributed by atoms with Crippen LogP contribution in [0.2, 0.25) is 0 Å². The summed E-state index contributed by atoms with van der Waals surface area (Å²) in [6.07, 6.45) is 7.39. The van der Waals surface area contributed by atoms with Gasteiger partial charge in [0.05, 0.1) is 29.7 Å². The van der Waals surface area contributed by atoms with Crippen LogP contribution in [-0.2, 0) is 9.53 Å². The molecule has 2 aliphatic rings. The lowest BCUT2D eigenvalue weighted by molar-refractivity contribution is -0.145. The monoisotopic (exact) mass is 442 g/mol. The predicted molar refractivity (Wildman–Crippen MR) is 115 cm³/mol. The summed E-state index contributed by atoms with van der Waals surface area (Å²) in [5.74, 6) is 1.37. The summed E-state index contributed by atoms with van der Waals surface area (Å²) < 4.78 is 13.8. The zero-order valence-corrected chi connectivity index (χ0v) is 17.7. The number of aliphatic hydroxyl groups excluding tert-OH is 1. The fraction of sp³-hybridized carbons (Fsp3) is 0.350. The normalized spacial score (nSPS) is 19.5. The Bertz CT molecular complexity index is 1120. The average Bonchev–Trinajstić information content (AvgIpc) is 3.18. The lowest BCUT2D eigenvalue weighted by atomic mass is 10.3. The average molecular weight is 443 g/mol. The molecule has 1 aliphatic heterocycles. The number of carbonyl (C=O) groups excluding carboxylic acids is 1. The molecule has 1 aliphatic carbocycles. The highest BCUT2D eigenvalue weighted by Crippen LogP contribution is 2.55. The number of ether oxygens (including phenoxy) is 2. The van der Waals surface area contributed by atoms with E-state index in [-0.39, 0.29) is 6.61 Å². The van der Waals surface area contributed by atoms with Gasteiger partial charge in [-0.15, -0.1) is 5.10 Å². The molecule has 0 amide bonds. The summed E-state index contributed by atoms with van der Waals surface area (Å²) in [7, 11) is 0. The molecule has 162 valence electrons. The number of hydrogen-bond acceptors (Lipinski definition) is 8. The molecule has 1 N–H and O–H groups in total. The molecular weight excluding hydrogens is 420 g/mol. The SMILES string of the molecule is CCOC(=O)COc1ccc(-n2cc(C(O)[SH]3C(C4CC4)=Nc4cncn43)nn2)cc1. The van der Waals surface area contributed by atoms with E-state index in [1.807, 2.05) is 3.97 Å². The number of carbonyl (C=O) groups is 1. The van der Waals surface area contributed by atoms with Crippen molar-refractivity contribution < 1.29 is 19.4 Å². The number of benzene rings is 1. The molecule has 0 radical (unpaired) electrons. The highest BCUT2D eigenvalue weighted by atomic mass is 32.2.